The summed E-state index contributed by atoms with van der Waals surface area (Å²) in [4.78, 5) is 11.2. The summed E-state index contributed by atoms with van der Waals surface area (Å²) >= 11 is 0. The Labute approximate surface area is 180 Å². The molecule has 1 N–H and O–H groups in total. The average molecular weight is 425 g/mol. The number of rotatable bonds is 4. The highest BCUT2D eigenvalue weighted by Gasteiger charge is 2.35. The molecule has 2 aliphatic rings. The number of carbonyl (C=O) groups excluding carboxylic acids is 1. The van der Waals surface area contributed by atoms with E-state index in [4.69, 9.17) is 9.47 Å². The van der Waals surface area contributed by atoms with E-state index in [1.807, 2.05) is 19.1 Å². The average Bonchev–Trinajstić information content (AvgIpc) is 2.65. The van der Waals surface area contributed by atoms with Crippen molar-refractivity contribution in [2.24, 2.45) is 0 Å². The Morgan fingerprint density at radius 3 is 2.71 bits per heavy atom. The Hall–Kier alpha value is -3.15. The molecule has 0 radical (unpaired) electrons. The van der Waals surface area contributed by atoms with Gasteiger partial charge in [-0.1, -0.05) is 18.7 Å². The Balaban J connectivity index is 1.87. The number of carbonyl (C=O) groups is 1. The van der Waals surface area contributed by atoms with Gasteiger partial charge in [-0.15, -0.1) is 0 Å². The molecule has 4 nitrogen and oxygen atoms in total. The highest BCUT2D eigenvalue weighted by atomic mass is 19.1. The maximum absolute atomic E-state index is 14.6. The first-order valence-electron chi connectivity index (χ1n) is 10.2. The summed E-state index contributed by atoms with van der Waals surface area (Å²) in [5.41, 5.74) is 5.30. The topological polar surface area (TPSA) is 47.6 Å². The van der Waals surface area contributed by atoms with Crippen molar-refractivity contribution in [1.82, 2.24) is 0 Å². The number of fused-ring (bicyclic) bond motifs is 5. The molecular formula is C25H25F2NO3. The van der Waals surface area contributed by atoms with Crippen LogP contribution in [0.3, 0.4) is 0 Å². The largest absolute Gasteiger partial charge is 0.482 e. The van der Waals surface area contributed by atoms with Gasteiger partial charge in [0.25, 0.3) is 0 Å². The number of hydrogen-bond acceptors (Lipinski definition) is 4. The smallest absolute Gasteiger partial charge is 0.302 e. The van der Waals surface area contributed by atoms with Crippen LogP contribution in [0.25, 0.3) is 16.7 Å². The van der Waals surface area contributed by atoms with E-state index in [9.17, 15) is 13.6 Å². The fraction of sp³-hybridized carbons (Fsp3) is 0.320. The van der Waals surface area contributed by atoms with Crippen LogP contribution >= 0.6 is 0 Å². The second-order valence-corrected chi connectivity index (χ2v) is 8.73. The van der Waals surface area contributed by atoms with Crippen LogP contribution in [-0.4, -0.2) is 18.1 Å². The van der Waals surface area contributed by atoms with E-state index >= 15 is 0 Å². The molecule has 0 saturated carbocycles. The van der Waals surface area contributed by atoms with Gasteiger partial charge in [0.15, 0.2) is 11.6 Å². The zero-order valence-corrected chi connectivity index (χ0v) is 18.1. The van der Waals surface area contributed by atoms with E-state index in [1.54, 1.807) is 0 Å². The summed E-state index contributed by atoms with van der Waals surface area (Å²) in [5.74, 6) is -1.79. The third-order valence-corrected chi connectivity index (χ3v) is 5.51. The quantitative estimate of drug-likeness (QED) is 0.469. The fourth-order valence-electron chi connectivity index (χ4n) is 4.46. The van der Waals surface area contributed by atoms with Gasteiger partial charge in [-0.25, -0.2) is 8.78 Å². The molecule has 2 aliphatic heterocycles. The van der Waals surface area contributed by atoms with E-state index in [-0.39, 0.29) is 17.9 Å². The zero-order valence-electron chi connectivity index (χ0n) is 18.1. The summed E-state index contributed by atoms with van der Waals surface area (Å²) < 4.78 is 39.8. The van der Waals surface area contributed by atoms with Crippen LogP contribution in [0.15, 0.2) is 42.5 Å². The van der Waals surface area contributed by atoms with Crippen LogP contribution in [0.1, 0.15) is 51.3 Å². The third kappa shape index (κ3) is 3.94. The Bertz CT molecular complexity index is 1130. The first-order chi connectivity index (χ1) is 14.6. The molecule has 1 unspecified atom stereocenters. The first kappa shape index (κ1) is 21.1. The molecule has 2 aromatic rings. The van der Waals surface area contributed by atoms with Gasteiger partial charge in [0.1, 0.15) is 18.5 Å². The molecule has 4 rings (SSSR count). The molecule has 0 spiro atoms. The van der Waals surface area contributed by atoms with Gasteiger partial charge in [0.05, 0.1) is 5.54 Å². The van der Waals surface area contributed by atoms with Crippen LogP contribution in [0, 0.1) is 11.6 Å². The highest BCUT2D eigenvalue weighted by Crippen LogP contribution is 2.51. The van der Waals surface area contributed by atoms with Crippen molar-refractivity contribution in [3.8, 4) is 16.9 Å². The standard InChI is InChI=1S/C25H25F2NO3/c1-13(12-30-15(3)29)8-21-23-17(18-9-16(26)10-19(27)24(18)31-21)6-7-20-22(23)14(2)11-25(4,5)28-20/h6-7,9-11,21,28H,1,8,12H2,2-5H3. The lowest BCUT2D eigenvalue weighted by Crippen LogP contribution is -2.32. The second-order valence-electron chi connectivity index (χ2n) is 8.73. The summed E-state index contributed by atoms with van der Waals surface area (Å²) in [6.45, 7) is 11.6. The molecule has 2 heterocycles. The number of hydrogen-bond donors (Lipinski definition) is 1. The number of esters is 1. The molecule has 31 heavy (non-hydrogen) atoms. The van der Waals surface area contributed by atoms with Crippen molar-refractivity contribution in [2.75, 3.05) is 11.9 Å². The second kappa shape index (κ2) is 7.52. The number of anilines is 1. The molecular weight excluding hydrogens is 400 g/mol. The van der Waals surface area contributed by atoms with Crippen LogP contribution in [0.4, 0.5) is 14.5 Å². The van der Waals surface area contributed by atoms with Crippen LogP contribution < -0.4 is 10.1 Å². The van der Waals surface area contributed by atoms with Crippen LogP contribution in [0.2, 0.25) is 0 Å². The van der Waals surface area contributed by atoms with Gasteiger partial charge >= 0.3 is 5.97 Å². The SMILES string of the molecule is C=C(COC(C)=O)CC1Oc2c(F)cc(F)cc2-c2ccc3c(c21)C(C)=CC(C)(C)N3. The monoisotopic (exact) mass is 425 g/mol. The van der Waals surface area contributed by atoms with E-state index in [0.717, 1.165) is 34.0 Å². The van der Waals surface area contributed by atoms with E-state index < -0.39 is 23.7 Å². The Morgan fingerprint density at radius 1 is 1.26 bits per heavy atom. The predicted molar refractivity (Wildman–Crippen MR) is 117 cm³/mol. The van der Waals surface area contributed by atoms with Gasteiger partial charge in [0, 0.05) is 41.8 Å². The molecule has 0 aliphatic carbocycles. The predicted octanol–water partition coefficient (Wildman–Crippen LogP) is 6.18. The molecule has 0 aromatic heterocycles. The lowest BCUT2D eigenvalue weighted by Gasteiger charge is -2.37. The van der Waals surface area contributed by atoms with Crippen molar-refractivity contribution in [1.29, 1.82) is 0 Å². The van der Waals surface area contributed by atoms with Crippen molar-refractivity contribution < 1.29 is 23.0 Å². The van der Waals surface area contributed by atoms with Crippen LogP contribution in [-0.2, 0) is 9.53 Å². The summed E-state index contributed by atoms with van der Waals surface area (Å²) in [5, 5.41) is 3.51. The number of halogens is 2. The lowest BCUT2D eigenvalue weighted by molar-refractivity contribution is -0.140. The van der Waals surface area contributed by atoms with Gasteiger partial charge in [-0.2, -0.15) is 0 Å². The minimum Gasteiger partial charge on any atom is -0.482 e. The highest BCUT2D eigenvalue weighted by molar-refractivity contribution is 5.89. The number of nitrogens with one attached hydrogen (secondary N) is 1. The summed E-state index contributed by atoms with van der Waals surface area (Å²) in [6.07, 6.45) is 1.89. The Kier molecular flexibility index (Phi) is 5.12. The zero-order chi connectivity index (χ0) is 22.5. The molecule has 0 saturated heterocycles. The van der Waals surface area contributed by atoms with Crippen molar-refractivity contribution >= 4 is 17.2 Å². The minimum absolute atomic E-state index is 0.0184. The molecule has 1 atom stereocenters. The summed E-state index contributed by atoms with van der Waals surface area (Å²) in [7, 11) is 0. The van der Waals surface area contributed by atoms with E-state index in [2.05, 4.69) is 31.8 Å². The van der Waals surface area contributed by atoms with Gasteiger partial charge < -0.3 is 14.8 Å². The van der Waals surface area contributed by atoms with Gasteiger partial charge in [-0.3, -0.25) is 4.79 Å². The minimum atomic E-state index is -0.750. The van der Waals surface area contributed by atoms with Crippen molar-refractivity contribution in [3.63, 3.8) is 0 Å². The number of benzene rings is 2. The normalized spacial score (nSPS) is 17.9. The maximum Gasteiger partial charge on any atom is 0.302 e. The number of allylic oxidation sites excluding steroid dienone is 1. The molecule has 0 amide bonds. The van der Waals surface area contributed by atoms with Crippen molar-refractivity contribution in [2.45, 2.75) is 45.8 Å². The molecule has 6 heteroatoms. The molecule has 2 aromatic carbocycles. The van der Waals surface area contributed by atoms with Crippen LogP contribution in [0.5, 0.6) is 5.75 Å². The molecule has 0 bridgehead atoms. The van der Waals surface area contributed by atoms with E-state index in [1.165, 1.54) is 13.0 Å². The summed E-state index contributed by atoms with van der Waals surface area (Å²) in [6, 6.07) is 5.93. The lowest BCUT2D eigenvalue weighted by atomic mass is 9.81. The number of ether oxygens (including phenoxy) is 2. The first-order valence-corrected chi connectivity index (χ1v) is 10.2. The van der Waals surface area contributed by atoms with Gasteiger partial charge in [-0.05, 0) is 49.6 Å². The van der Waals surface area contributed by atoms with Crippen molar-refractivity contribution in [3.05, 3.63) is 65.3 Å². The van der Waals surface area contributed by atoms with E-state index in [0.29, 0.717) is 17.6 Å². The maximum atomic E-state index is 14.6. The molecule has 162 valence electrons. The Morgan fingerprint density at radius 2 is 2.00 bits per heavy atom. The van der Waals surface area contributed by atoms with Gasteiger partial charge in [0.2, 0.25) is 0 Å². The molecule has 0 fully saturated rings. The fourth-order valence-corrected chi connectivity index (χ4v) is 4.46. The third-order valence-electron chi connectivity index (χ3n) is 5.51.